The average Bonchev–Trinajstić information content (AvgIpc) is 2.92. The van der Waals surface area contributed by atoms with Crippen molar-refractivity contribution in [2.45, 2.75) is 62.8 Å². The molecule has 0 N–H and O–H groups in total. The van der Waals surface area contributed by atoms with E-state index in [2.05, 4.69) is 0 Å². The van der Waals surface area contributed by atoms with Crippen LogP contribution in [0.5, 0.6) is 0 Å². The van der Waals surface area contributed by atoms with E-state index < -0.39 is 10.0 Å². The van der Waals surface area contributed by atoms with Gasteiger partial charge in [-0.05, 0) is 57.2 Å². The van der Waals surface area contributed by atoms with Crippen LogP contribution in [-0.4, -0.2) is 49.2 Å². The molecule has 1 aromatic rings. The molecule has 144 valence electrons. The van der Waals surface area contributed by atoms with Crippen LogP contribution >= 0.6 is 11.6 Å². The Morgan fingerprint density at radius 2 is 1.69 bits per heavy atom. The normalized spacial score (nSPS) is 22.8. The first-order valence-electron chi connectivity index (χ1n) is 9.52. The summed E-state index contributed by atoms with van der Waals surface area (Å²) in [6.45, 7) is 3.79. The van der Waals surface area contributed by atoms with Gasteiger partial charge < -0.3 is 4.90 Å². The Bertz CT molecular complexity index is 758. The van der Waals surface area contributed by atoms with Gasteiger partial charge >= 0.3 is 0 Å². The van der Waals surface area contributed by atoms with Gasteiger partial charge in [0.25, 0.3) is 5.91 Å². The van der Waals surface area contributed by atoms with Crippen LogP contribution in [0.25, 0.3) is 0 Å². The fourth-order valence-electron chi connectivity index (χ4n) is 3.82. The number of likely N-dealkylation sites (tertiary alicyclic amines) is 1. The lowest BCUT2D eigenvalue weighted by Crippen LogP contribution is -2.42. The van der Waals surface area contributed by atoms with Crippen LogP contribution in [0.1, 0.15) is 62.2 Å². The van der Waals surface area contributed by atoms with Crippen molar-refractivity contribution in [3.05, 3.63) is 28.8 Å². The Morgan fingerprint density at radius 3 is 2.35 bits per heavy atom. The quantitative estimate of drug-likeness (QED) is 0.775. The lowest BCUT2D eigenvalue weighted by atomic mass is 10.0. The van der Waals surface area contributed by atoms with E-state index >= 15 is 0 Å². The first kappa shape index (κ1) is 19.6. The van der Waals surface area contributed by atoms with Gasteiger partial charge in [0.05, 0.1) is 5.02 Å². The van der Waals surface area contributed by atoms with Gasteiger partial charge in [0.1, 0.15) is 4.90 Å². The summed E-state index contributed by atoms with van der Waals surface area (Å²) in [7, 11) is -3.69. The highest BCUT2D eigenvalue weighted by Crippen LogP contribution is 2.29. The number of benzene rings is 1. The van der Waals surface area contributed by atoms with Crippen LogP contribution in [-0.2, 0) is 10.0 Å². The van der Waals surface area contributed by atoms with Gasteiger partial charge in [0.2, 0.25) is 10.0 Å². The van der Waals surface area contributed by atoms with Crippen molar-refractivity contribution in [3.63, 3.8) is 0 Å². The summed E-state index contributed by atoms with van der Waals surface area (Å²) in [6.07, 6.45) is 6.92. The second kappa shape index (κ2) is 8.28. The van der Waals surface area contributed by atoms with E-state index in [1.54, 1.807) is 6.07 Å². The topological polar surface area (TPSA) is 57.7 Å². The highest BCUT2D eigenvalue weighted by molar-refractivity contribution is 7.89. The summed E-state index contributed by atoms with van der Waals surface area (Å²) in [6, 6.07) is 4.81. The van der Waals surface area contributed by atoms with Crippen molar-refractivity contribution in [2.75, 3.05) is 19.6 Å². The zero-order valence-electron chi connectivity index (χ0n) is 15.3. The van der Waals surface area contributed by atoms with E-state index in [4.69, 9.17) is 11.6 Å². The maximum atomic E-state index is 13.1. The zero-order valence-corrected chi connectivity index (χ0v) is 16.9. The Labute approximate surface area is 161 Å². The lowest BCUT2D eigenvalue weighted by molar-refractivity contribution is 0.0635. The maximum Gasteiger partial charge on any atom is 0.254 e. The molecule has 0 radical (unpaired) electrons. The van der Waals surface area contributed by atoms with Crippen LogP contribution in [0.2, 0.25) is 5.02 Å². The summed E-state index contributed by atoms with van der Waals surface area (Å²) in [5, 5.41) is 0.178. The smallest absolute Gasteiger partial charge is 0.254 e. The third-order valence-electron chi connectivity index (χ3n) is 5.42. The van der Waals surface area contributed by atoms with E-state index in [9.17, 15) is 13.2 Å². The largest absolute Gasteiger partial charge is 0.336 e. The molecule has 0 aliphatic carbocycles. The van der Waals surface area contributed by atoms with Crippen LogP contribution in [0, 0.1) is 0 Å². The molecule has 0 saturated carbocycles. The number of hydrogen-bond acceptors (Lipinski definition) is 3. The first-order valence-corrected chi connectivity index (χ1v) is 11.3. The van der Waals surface area contributed by atoms with Crippen molar-refractivity contribution in [3.8, 4) is 0 Å². The van der Waals surface area contributed by atoms with Gasteiger partial charge in [-0.25, -0.2) is 8.42 Å². The molecule has 0 aromatic heterocycles. The Hall–Kier alpha value is -1.11. The summed E-state index contributed by atoms with van der Waals surface area (Å²) in [5.41, 5.74) is 0.400. The predicted octanol–water partition coefficient (Wildman–Crippen LogP) is 3.92. The molecule has 2 saturated heterocycles. The van der Waals surface area contributed by atoms with Crippen LogP contribution in [0.4, 0.5) is 0 Å². The number of rotatable bonds is 3. The molecule has 2 heterocycles. The molecule has 0 spiro atoms. The van der Waals surface area contributed by atoms with Crippen LogP contribution in [0.15, 0.2) is 23.1 Å². The number of hydrogen-bond donors (Lipinski definition) is 0. The Kier molecular flexibility index (Phi) is 6.25. The summed E-state index contributed by atoms with van der Waals surface area (Å²) >= 11 is 6.23. The third kappa shape index (κ3) is 4.07. The number of piperidine rings is 1. The minimum absolute atomic E-state index is 0.0524. The molecule has 1 amide bonds. The van der Waals surface area contributed by atoms with Crippen molar-refractivity contribution in [1.82, 2.24) is 9.21 Å². The van der Waals surface area contributed by atoms with E-state index in [0.717, 1.165) is 51.5 Å². The predicted molar refractivity (Wildman–Crippen MR) is 103 cm³/mol. The minimum atomic E-state index is -3.69. The number of halogens is 1. The van der Waals surface area contributed by atoms with Crippen LogP contribution < -0.4 is 0 Å². The maximum absolute atomic E-state index is 13.1. The molecule has 2 aliphatic rings. The highest BCUT2D eigenvalue weighted by atomic mass is 35.5. The molecule has 0 bridgehead atoms. The van der Waals surface area contributed by atoms with Crippen LogP contribution in [0.3, 0.4) is 0 Å². The van der Waals surface area contributed by atoms with E-state index in [1.807, 2.05) is 11.8 Å². The van der Waals surface area contributed by atoms with Gasteiger partial charge in [0, 0.05) is 31.2 Å². The minimum Gasteiger partial charge on any atom is -0.336 e. The third-order valence-corrected chi connectivity index (χ3v) is 7.81. The van der Waals surface area contributed by atoms with Crippen molar-refractivity contribution in [2.24, 2.45) is 0 Å². The van der Waals surface area contributed by atoms with Gasteiger partial charge in [-0.3, -0.25) is 4.79 Å². The summed E-state index contributed by atoms with van der Waals surface area (Å²) < 4.78 is 27.7. The molecule has 2 fully saturated rings. The van der Waals surface area contributed by atoms with Crippen molar-refractivity contribution < 1.29 is 13.2 Å². The monoisotopic (exact) mass is 398 g/mol. The highest BCUT2D eigenvalue weighted by Gasteiger charge is 2.30. The first-order chi connectivity index (χ1) is 12.4. The molecule has 7 heteroatoms. The molecule has 1 atom stereocenters. The standard InChI is InChI=1S/C19H27ClN2O3S/c1-15-8-4-7-13-22(15)19(23)16-9-10-17(20)18(14-16)26(24,25)21-11-5-2-3-6-12-21/h9-10,14-15H,2-8,11-13H2,1H3. The van der Waals surface area contributed by atoms with Gasteiger partial charge in [-0.15, -0.1) is 0 Å². The molecular weight excluding hydrogens is 372 g/mol. The summed E-state index contributed by atoms with van der Waals surface area (Å²) in [4.78, 5) is 14.8. The summed E-state index contributed by atoms with van der Waals surface area (Å²) in [5.74, 6) is -0.110. The number of nitrogens with zero attached hydrogens (tertiary/aromatic N) is 2. The van der Waals surface area contributed by atoms with Crippen molar-refractivity contribution in [1.29, 1.82) is 0 Å². The zero-order chi connectivity index (χ0) is 18.7. The Morgan fingerprint density at radius 1 is 1.04 bits per heavy atom. The number of sulfonamides is 1. The number of carbonyl (C=O) groups is 1. The molecule has 5 nitrogen and oxygen atoms in total. The lowest BCUT2D eigenvalue weighted by Gasteiger charge is -2.33. The van der Waals surface area contributed by atoms with Gasteiger partial charge in [-0.1, -0.05) is 24.4 Å². The van der Waals surface area contributed by atoms with Gasteiger partial charge in [-0.2, -0.15) is 4.31 Å². The molecular formula is C19H27ClN2O3S. The van der Waals surface area contributed by atoms with Gasteiger partial charge in [0.15, 0.2) is 0 Å². The molecule has 3 rings (SSSR count). The number of amides is 1. The SMILES string of the molecule is CC1CCCCN1C(=O)c1ccc(Cl)c(S(=O)(=O)N2CCCCCC2)c1. The molecule has 26 heavy (non-hydrogen) atoms. The van der Waals surface area contributed by atoms with E-state index in [-0.39, 0.29) is 21.9 Å². The van der Waals surface area contributed by atoms with Crippen molar-refractivity contribution >= 4 is 27.5 Å². The second-order valence-electron chi connectivity index (χ2n) is 7.31. The van der Waals surface area contributed by atoms with E-state index in [1.165, 1.54) is 16.4 Å². The average molecular weight is 399 g/mol. The molecule has 1 aromatic carbocycles. The van der Waals surface area contributed by atoms with E-state index in [0.29, 0.717) is 18.7 Å². The fraction of sp³-hybridized carbons (Fsp3) is 0.632. The fourth-order valence-corrected chi connectivity index (χ4v) is 5.84. The Balaban J connectivity index is 1.90. The molecule has 1 unspecified atom stereocenters. The second-order valence-corrected chi connectivity index (χ2v) is 9.62. The number of carbonyl (C=O) groups excluding carboxylic acids is 1. The molecule has 2 aliphatic heterocycles.